The van der Waals surface area contributed by atoms with Crippen molar-refractivity contribution in [3.8, 4) is 16.9 Å². The first-order chi connectivity index (χ1) is 7.72. The summed E-state index contributed by atoms with van der Waals surface area (Å²) < 4.78 is 19.0. The van der Waals surface area contributed by atoms with E-state index in [1.54, 1.807) is 13.2 Å². The van der Waals surface area contributed by atoms with Crippen molar-refractivity contribution < 1.29 is 9.13 Å². The lowest BCUT2D eigenvalue weighted by Gasteiger charge is -2.09. The van der Waals surface area contributed by atoms with Crippen LogP contribution < -0.4 is 4.74 Å². The molecule has 0 atom stereocenters. The van der Waals surface area contributed by atoms with Gasteiger partial charge in [-0.1, -0.05) is 40.2 Å². The normalized spacial score (nSPS) is 10.2. The number of halogens is 2. The highest BCUT2D eigenvalue weighted by Crippen LogP contribution is 2.34. The summed E-state index contributed by atoms with van der Waals surface area (Å²) in [5, 5.41) is 0. The number of hydrogen-bond acceptors (Lipinski definition) is 1. The van der Waals surface area contributed by atoms with Crippen LogP contribution in [0.15, 0.2) is 46.9 Å². The first-order valence-corrected chi connectivity index (χ1v) is 5.60. The molecule has 0 saturated heterocycles. The van der Waals surface area contributed by atoms with E-state index in [4.69, 9.17) is 4.74 Å². The van der Waals surface area contributed by atoms with Gasteiger partial charge in [-0.25, -0.2) is 4.39 Å². The Morgan fingerprint density at radius 1 is 1.06 bits per heavy atom. The summed E-state index contributed by atoms with van der Waals surface area (Å²) in [4.78, 5) is 0. The quantitative estimate of drug-likeness (QED) is 0.799. The zero-order valence-electron chi connectivity index (χ0n) is 8.71. The van der Waals surface area contributed by atoms with Gasteiger partial charge in [-0.2, -0.15) is 0 Å². The molecule has 0 bridgehead atoms. The number of ether oxygens (including phenoxy) is 1. The Morgan fingerprint density at radius 2 is 1.81 bits per heavy atom. The highest BCUT2D eigenvalue weighted by atomic mass is 79.9. The molecule has 3 heteroatoms. The molecule has 0 spiro atoms. The van der Waals surface area contributed by atoms with Gasteiger partial charge >= 0.3 is 0 Å². The van der Waals surface area contributed by atoms with E-state index in [1.165, 1.54) is 12.1 Å². The van der Waals surface area contributed by atoms with Crippen molar-refractivity contribution in [2.24, 2.45) is 0 Å². The first-order valence-electron chi connectivity index (χ1n) is 4.81. The van der Waals surface area contributed by atoms with E-state index in [-0.39, 0.29) is 5.82 Å². The van der Waals surface area contributed by atoms with Crippen LogP contribution in [0.5, 0.6) is 5.75 Å². The van der Waals surface area contributed by atoms with E-state index in [0.29, 0.717) is 0 Å². The van der Waals surface area contributed by atoms with Crippen LogP contribution >= 0.6 is 15.9 Å². The molecule has 2 rings (SSSR count). The third kappa shape index (κ3) is 2.09. The minimum atomic E-state index is -0.259. The Kier molecular flexibility index (Phi) is 3.25. The molecular weight excluding hydrogens is 271 g/mol. The standard InChI is InChI=1S/C13H10BrFO/c1-16-13-5-3-2-4-11(13)10-7-6-9(15)8-12(10)14/h2-8H,1H3. The molecule has 16 heavy (non-hydrogen) atoms. The van der Waals surface area contributed by atoms with Crippen LogP contribution in [0.25, 0.3) is 11.1 Å². The molecule has 0 saturated carbocycles. The van der Waals surface area contributed by atoms with Gasteiger partial charge in [-0.05, 0) is 23.8 Å². The number of para-hydroxylation sites is 1. The van der Waals surface area contributed by atoms with E-state index in [0.717, 1.165) is 21.3 Å². The Labute approximate surface area is 102 Å². The van der Waals surface area contributed by atoms with Crippen LogP contribution in [-0.4, -0.2) is 7.11 Å². The van der Waals surface area contributed by atoms with E-state index < -0.39 is 0 Å². The third-order valence-corrected chi connectivity index (χ3v) is 2.98. The highest BCUT2D eigenvalue weighted by Gasteiger charge is 2.08. The summed E-state index contributed by atoms with van der Waals surface area (Å²) in [6.45, 7) is 0. The maximum absolute atomic E-state index is 13.0. The third-order valence-electron chi connectivity index (χ3n) is 2.33. The van der Waals surface area contributed by atoms with E-state index >= 15 is 0 Å². The second kappa shape index (κ2) is 4.66. The summed E-state index contributed by atoms with van der Waals surface area (Å²) >= 11 is 3.35. The maximum Gasteiger partial charge on any atom is 0.126 e. The summed E-state index contributed by atoms with van der Waals surface area (Å²) in [5.41, 5.74) is 1.86. The summed E-state index contributed by atoms with van der Waals surface area (Å²) in [6, 6.07) is 12.3. The number of hydrogen-bond donors (Lipinski definition) is 0. The zero-order chi connectivity index (χ0) is 11.5. The van der Waals surface area contributed by atoms with Gasteiger partial charge in [0.25, 0.3) is 0 Å². The fraction of sp³-hybridized carbons (Fsp3) is 0.0769. The summed E-state index contributed by atoms with van der Waals surface area (Å²) in [7, 11) is 1.62. The van der Waals surface area contributed by atoms with Crippen LogP contribution in [0.3, 0.4) is 0 Å². The second-order valence-corrected chi connectivity index (χ2v) is 4.18. The second-order valence-electron chi connectivity index (χ2n) is 3.32. The van der Waals surface area contributed by atoms with Gasteiger partial charge in [0.1, 0.15) is 11.6 Å². The highest BCUT2D eigenvalue weighted by molar-refractivity contribution is 9.10. The van der Waals surface area contributed by atoms with Gasteiger partial charge in [0, 0.05) is 10.0 Å². The maximum atomic E-state index is 13.0. The van der Waals surface area contributed by atoms with Crippen LogP contribution in [0.1, 0.15) is 0 Å². The van der Waals surface area contributed by atoms with Crippen molar-refractivity contribution in [3.05, 3.63) is 52.8 Å². The van der Waals surface area contributed by atoms with Gasteiger partial charge in [0.2, 0.25) is 0 Å². The monoisotopic (exact) mass is 280 g/mol. The fourth-order valence-corrected chi connectivity index (χ4v) is 2.14. The molecule has 0 heterocycles. The lowest BCUT2D eigenvalue weighted by atomic mass is 10.0. The van der Waals surface area contributed by atoms with Crippen molar-refractivity contribution in [2.75, 3.05) is 7.11 Å². The molecule has 0 aliphatic heterocycles. The van der Waals surface area contributed by atoms with Crippen molar-refractivity contribution in [1.82, 2.24) is 0 Å². The van der Waals surface area contributed by atoms with Gasteiger partial charge < -0.3 is 4.74 Å². The van der Waals surface area contributed by atoms with Gasteiger partial charge in [0.15, 0.2) is 0 Å². The fourth-order valence-electron chi connectivity index (χ4n) is 1.58. The number of benzene rings is 2. The summed E-state index contributed by atoms with van der Waals surface area (Å²) in [6.07, 6.45) is 0. The molecule has 82 valence electrons. The molecule has 0 radical (unpaired) electrons. The van der Waals surface area contributed by atoms with E-state index in [2.05, 4.69) is 15.9 Å². The van der Waals surface area contributed by atoms with Gasteiger partial charge in [0.05, 0.1) is 7.11 Å². The summed E-state index contributed by atoms with van der Waals surface area (Å²) in [5.74, 6) is 0.514. The van der Waals surface area contributed by atoms with Crippen LogP contribution in [-0.2, 0) is 0 Å². The predicted molar refractivity (Wildman–Crippen MR) is 66.1 cm³/mol. The van der Waals surface area contributed by atoms with Crippen molar-refractivity contribution in [2.45, 2.75) is 0 Å². The molecule has 2 aromatic rings. The molecule has 0 aromatic heterocycles. The number of methoxy groups -OCH3 is 1. The Bertz CT molecular complexity index is 511. The van der Waals surface area contributed by atoms with Crippen LogP contribution in [0.2, 0.25) is 0 Å². The van der Waals surface area contributed by atoms with Gasteiger partial charge in [-0.3, -0.25) is 0 Å². The lowest BCUT2D eigenvalue weighted by molar-refractivity contribution is 0.416. The molecule has 2 aromatic carbocycles. The largest absolute Gasteiger partial charge is 0.496 e. The average molecular weight is 281 g/mol. The lowest BCUT2D eigenvalue weighted by Crippen LogP contribution is -1.88. The predicted octanol–water partition coefficient (Wildman–Crippen LogP) is 4.26. The molecule has 0 aliphatic carbocycles. The minimum Gasteiger partial charge on any atom is -0.496 e. The molecular formula is C13H10BrFO. The average Bonchev–Trinajstić information content (AvgIpc) is 2.29. The van der Waals surface area contributed by atoms with Crippen LogP contribution in [0, 0.1) is 5.82 Å². The first kappa shape index (κ1) is 11.1. The smallest absolute Gasteiger partial charge is 0.126 e. The minimum absolute atomic E-state index is 0.259. The Morgan fingerprint density at radius 3 is 2.50 bits per heavy atom. The van der Waals surface area contributed by atoms with E-state index in [1.807, 2.05) is 24.3 Å². The molecule has 0 amide bonds. The Balaban J connectivity index is 2.58. The molecule has 0 fully saturated rings. The molecule has 0 N–H and O–H groups in total. The van der Waals surface area contributed by atoms with Crippen molar-refractivity contribution in [1.29, 1.82) is 0 Å². The van der Waals surface area contributed by atoms with Crippen molar-refractivity contribution >= 4 is 15.9 Å². The van der Waals surface area contributed by atoms with Gasteiger partial charge in [-0.15, -0.1) is 0 Å². The van der Waals surface area contributed by atoms with Crippen LogP contribution in [0.4, 0.5) is 4.39 Å². The van der Waals surface area contributed by atoms with Crippen molar-refractivity contribution in [3.63, 3.8) is 0 Å². The molecule has 1 nitrogen and oxygen atoms in total. The number of rotatable bonds is 2. The molecule has 0 aliphatic rings. The molecule has 0 unspecified atom stereocenters. The zero-order valence-corrected chi connectivity index (χ0v) is 10.3. The topological polar surface area (TPSA) is 9.23 Å². The Hall–Kier alpha value is -1.35. The SMILES string of the molecule is COc1ccccc1-c1ccc(F)cc1Br. The van der Waals surface area contributed by atoms with E-state index in [9.17, 15) is 4.39 Å².